The fraction of sp³-hybridized carbons (Fsp3) is 0.179. The summed E-state index contributed by atoms with van der Waals surface area (Å²) in [5, 5.41) is 2.47. The molecule has 8 heteroatoms. The van der Waals surface area contributed by atoms with E-state index in [4.69, 9.17) is 4.74 Å². The van der Waals surface area contributed by atoms with Crippen LogP contribution in [0.4, 0.5) is 0 Å². The van der Waals surface area contributed by atoms with Gasteiger partial charge >= 0.3 is 5.97 Å². The number of esters is 1. The van der Waals surface area contributed by atoms with E-state index < -0.39 is 18.1 Å². The van der Waals surface area contributed by atoms with Crippen molar-refractivity contribution in [2.45, 2.75) is 23.9 Å². The molecule has 1 saturated heterocycles. The van der Waals surface area contributed by atoms with E-state index in [0.29, 0.717) is 10.2 Å². The van der Waals surface area contributed by atoms with Gasteiger partial charge in [0.05, 0.1) is 6.42 Å². The minimum Gasteiger partial charge on any atom is -0.448 e. The highest BCUT2D eigenvalue weighted by atomic mass is 79.9. The SMILES string of the molecule is O=C(Cc1ccccc1)NC1C(=O)N2C(C(=O)OC(c3ccccc3)c3ccccc3)=C(Br)CS[C@H]12. The molecule has 1 unspecified atom stereocenters. The summed E-state index contributed by atoms with van der Waals surface area (Å²) < 4.78 is 6.61. The summed E-state index contributed by atoms with van der Waals surface area (Å²) in [5.74, 6) is -0.655. The van der Waals surface area contributed by atoms with E-state index in [2.05, 4.69) is 21.2 Å². The Morgan fingerprint density at radius 2 is 1.50 bits per heavy atom. The average Bonchev–Trinajstić information content (AvgIpc) is 2.91. The maximum Gasteiger partial charge on any atom is 0.356 e. The fourth-order valence-corrected chi connectivity index (χ4v) is 6.26. The number of thioether (sulfide) groups is 1. The summed E-state index contributed by atoms with van der Waals surface area (Å²) in [7, 11) is 0. The lowest BCUT2D eigenvalue weighted by Crippen LogP contribution is -2.70. The van der Waals surface area contributed by atoms with E-state index in [9.17, 15) is 14.4 Å². The van der Waals surface area contributed by atoms with Gasteiger partial charge in [-0.1, -0.05) is 107 Å². The highest BCUT2D eigenvalue weighted by Crippen LogP contribution is 2.43. The number of carbonyl (C=O) groups is 3. The molecule has 2 atom stereocenters. The van der Waals surface area contributed by atoms with E-state index in [1.807, 2.05) is 91.0 Å². The molecule has 2 aliphatic heterocycles. The van der Waals surface area contributed by atoms with Crippen LogP contribution < -0.4 is 5.32 Å². The molecule has 5 rings (SSSR count). The molecule has 3 aromatic rings. The van der Waals surface area contributed by atoms with Gasteiger partial charge in [-0.25, -0.2) is 4.79 Å². The van der Waals surface area contributed by atoms with E-state index in [-0.39, 0.29) is 29.3 Å². The number of nitrogens with zero attached hydrogens (tertiary/aromatic N) is 1. The maximum atomic E-state index is 13.5. The lowest BCUT2D eigenvalue weighted by molar-refractivity contribution is -0.154. The van der Waals surface area contributed by atoms with Gasteiger partial charge in [0.25, 0.3) is 5.91 Å². The van der Waals surface area contributed by atoms with Gasteiger partial charge in [0.15, 0.2) is 6.10 Å². The number of hydrogen-bond acceptors (Lipinski definition) is 5. The van der Waals surface area contributed by atoms with Gasteiger partial charge in [0.1, 0.15) is 17.1 Å². The number of hydrogen-bond donors (Lipinski definition) is 1. The summed E-state index contributed by atoms with van der Waals surface area (Å²) in [4.78, 5) is 40.6. The van der Waals surface area contributed by atoms with Gasteiger partial charge in [-0.15, -0.1) is 11.8 Å². The smallest absolute Gasteiger partial charge is 0.356 e. The number of nitrogens with one attached hydrogen (secondary N) is 1. The van der Waals surface area contributed by atoms with Crippen LogP contribution >= 0.6 is 27.7 Å². The third kappa shape index (κ3) is 4.96. The van der Waals surface area contributed by atoms with Gasteiger partial charge < -0.3 is 10.1 Å². The van der Waals surface area contributed by atoms with Crippen molar-refractivity contribution in [3.05, 3.63) is 118 Å². The summed E-state index contributed by atoms with van der Waals surface area (Å²) in [6.07, 6.45) is -0.440. The van der Waals surface area contributed by atoms with Crippen molar-refractivity contribution >= 4 is 45.5 Å². The molecule has 1 N–H and O–H groups in total. The molecule has 0 aromatic heterocycles. The zero-order valence-corrected chi connectivity index (χ0v) is 21.6. The standard InChI is InChI=1S/C28H23BrN2O4S/c29-21-17-36-27-23(30-22(32)16-18-10-4-1-5-11-18)26(33)31(27)24(21)28(34)35-25(19-12-6-2-7-13-19)20-14-8-3-9-15-20/h1-15,23,25,27H,16-17H2,(H,30,32)/t23?,27-/m1/s1. The fourth-order valence-electron chi connectivity index (χ4n) is 4.32. The predicted molar refractivity (Wildman–Crippen MR) is 142 cm³/mol. The number of halogens is 1. The van der Waals surface area contributed by atoms with E-state index in [1.54, 1.807) is 0 Å². The Hall–Kier alpha value is -3.36. The molecule has 6 nitrogen and oxygen atoms in total. The maximum absolute atomic E-state index is 13.5. The lowest BCUT2D eigenvalue weighted by atomic mass is 10.0. The molecule has 36 heavy (non-hydrogen) atoms. The number of fused-ring (bicyclic) bond motifs is 1. The molecule has 0 saturated carbocycles. The molecule has 0 radical (unpaired) electrons. The van der Waals surface area contributed by atoms with E-state index >= 15 is 0 Å². The minimum atomic E-state index is -0.686. The van der Waals surface area contributed by atoms with Gasteiger partial charge in [-0.3, -0.25) is 14.5 Å². The summed E-state index contributed by atoms with van der Waals surface area (Å²) in [6, 6.07) is 27.7. The Balaban J connectivity index is 1.32. The third-order valence-electron chi connectivity index (χ3n) is 6.07. The topological polar surface area (TPSA) is 75.7 Å². The van der Waals surface area contributed by atoms with Crippen LogP contribution in [0.1, 0.15) is 22.8 Å². The second-order valence-corrected chi connectivity index (χ2v) is 10.5. The van der Waals surface area contributed by atoms with Crippen molar-refractivity contribution in [3.8, 4) is 0 Å². The zero-order valence-electron chi connectivity index (χ0n) is 19.2. The van der Waals surface area contributed by atoms with Crippen LogP contribution in [-0.2, 0) is 25.5 Å². The Kier molecular flexibility index (Phi) is 7.25. The molecule has 1 fully saturated rings. The van der Waals surface area contributed by atoms with Gasteiger partial charge in [-0.2, -0.15) is 0 Å². The second kappa shape index (κ2) is 10.7. The van der Waals surface area contributed by atoms with Gasteiger partial charge in [-0.05, 0) is 16.7 Å². The number of β-lactam (4-membered cyclic amide) rings is 1. The molecule has 0 aliphatic carbocycles. The monoisotopic (exact) mass is 562 g/mol. The van der Waals surface area contributed by atoms with Crippen molar-refractivity contribution in [2.24, 2.45) is 0 Å². The lowest BCUT2D eigenvalue weighted by Gasteiger charge is -2.49. The molecular formula is C28H23BrN2O4S. The average molecular weight is 563 g/mol. The summed E-state index contributed by atoms with van der Waals surface area (Å²) in [6.45, 7) is 0. The van der Waals surface area contributed by atoms with Crippen LogP contribution in [-0.4, -0.2) is 39.9 Å². The Labute approximate surface area is 221 Å². The molecular weight excluding hydrogens is 540 g/mol. The zero-order chi connectivity index (χ0) is 25.1. The van der Waals surface area contributed by atoms with Crippen LogP contribution in [0.25, 0.3) is 0 Å². The number of ether oxygens (including phenoxy) is 1. The van der Waals surface area contributed by atoms with Crippen LogP contribution in [0.2, 0.25) is 0 Å². The summed E-state index contributed by atoms with van der Waals surface area (Å²) >= 11 is 4.97. The third-order valence-corrected chi connectivity index (χ3v) is 8.38. The van der Waals surface area contributed by atoms with Crippen LogP contribution in [0.15, 0.2) is 101 Å². The van der Waals surface area contributed by atoms with Crippen LogP contribution in [0.5, 0.6) is 0 Å². The van der Waals surface area contributed by atoms with E-state index in [1.165, 1.54) is 16.7 Å². The van der Waals surface area contributed by atoms with Crippen molar-refractivity contribution in [2.75, 3.05) is 5.75 Å². The number of rotatable bonds is 7. The molecule has 2 heterocycles. The van der Waals surface area contributed by atoms with Crippen LogP contribution in [0, 0.1) is 0 Å². The first-order valence-corrected chi connectivity index (χ1v) is 13.3. The Morgan fingerprint density at radius 1 is 0.944 bits per heavy atom. The molecule has 182 valence electrons. The van der Waals surface area contributed by atoms with Crippen molar-refractivity contribution < 1.29 is 19.1 Å². The highest BCUT2D eigenvalue weighted by molar-refractivity contribution is 9.11. The molecule has 3 aromatic carbocycles. The Morgan fingerprint density at radius 3 is 2.08 bits per heavy atom. The number of benzene rings is 3. The van der Waals surface area contributed by atoms with Crippen molar-refractivity contribution in [1.29, 1.82) is 0 Å². The predicted octanol–water partition coefficient (Wildman–Crippen LogP) is 4.57. The van der Waals surface area contributed by atoms with Gasteiger partial charge in [0, 0.05) is 10.2 Å². The highest BCUT2D eigenvalue weighted by Gasteiger charge is 2.54. The first kappa shape index (κ1) is 24.3. The molecule has 0 bridgehead atoms. The van der Waals surface area contributed by atoms with Gasteiger partial charge in [0.2, 0.25) is 5.91 Å². The number of amides is 2. The van der Waals surface area contributed by atoms with Crippen molar-refractivity contribution in [3.63, 3.8) is 0 Å². The quantitative estimate of drug-likeness (QED) is 0.337. The first-order chi connectivity index (χ1) is 17.5. The summed E-state index contributed by atoms with van der Waals surface area (Å²) in [5.41, 5.74) is 2.72. The Bertz CT molecular complexity index is 1260. The molecule has 2 amide bonds. The number of carbonyl (C=O) groups excluding carboxylic acids is 3. The largest absolute Gasteiger partial charge is 0.448 e. The first-order valence-electron chi connectivity index (χ1n) is 11.5. The molecule has 2 aliphatic rings. The molecule has 0 spiro atoms. The van der Waals surface area contributed by atoms with Crippen molar-refractivity contribution in [1.82, 2.24) is 10.2 Å². The van der Waals surface area contributed by atoms with Crippen LogP contribution in [0.3, 0.4) is 0 Å². The second-order valence-electron chi connectivity index (χ2n) is 8.48. The normalized spacial score (nSPS) is 18.9. The van der Waals surface area contributed by atoms with E-state index in [0.717, 1.165) is 16.7 Å². The minimum absolute atomic E-state index is 0.187.